The van der Waals surface area contributed by atoms with Crippen LogP contribution in [0.3, 0.4) is 0 Å². The van der Waals surface area contributed by atoms with E-state index in [1.165, 1.54) is 11.8 Å². The minimum absolute atomic E-state index is 0.0436. The number of nitrogens with zero attached hydrogens (tertiary/aromatic N) is 2. The molecule has 0 aromatic carbocycles. The Kier molecular flexibility index (Phi) is 5.98. The molecule has 0 saturated carbocycles. The molecule has 146 valence electrons. The molecule has 2 saturated heterocycles. The number of thioether (sulfide) groups is 1. The minimum atomic E-state index is -3.00. The van der Waals surface area contributed by atoms with Gasteiger partial charge in [0.2, 0.25) is 5.91 Å². The Morgan fingerprint density at radius 3 is 2.81 bits per heavy atom. The van der Waals surface area contributed by atoms with Crippen molar-refractivity contribution in [2.75, 3.05) is 18.1 Å². The van der Waals surface area contributed by atoms with Crippen molar-refractivity contribution in [3.8, 4) is 0 Å². The molecule has 7 nitrogen and oxygen atoms in total. The molecular weight excluding hydrogens is 374 g/mol. The number of aromatic nitrogens is 2. The van der Waals surface area contributed by atoms with Crippen molar-refractivity contribution in [3.63, 3.8) is 0 Å². The van der Waals surface area contributed by atoms with Gasteiger partial charge in [-0.2, -0.15) is 0 Å². The highest BCUT2D eigenvalue weighted by Crippen LogP contribution is 2.27. The number of ether oxygens (including phenoxy) is 1. The van der Waals surface area contributed by atoms with Crippen LogP contribution in [0.25, 0.3) is 0 Å². The molecule has 3 unspecified atom stereocenters. The summed E-state index contributed by atoms with van der Waals surface area (Å²) in [6, 6.07) is -0.273. The molecular formula is C17H27N3O4S2. The molecule has 1 N–H and O–H groups in total. The largest absolute Gasteiger partial charge is 0.376 e. The van der Waals surface area contributed by atoms with Crippen LogP contribution in [0.4, 0.5) is 0 Å². The molecule has 0 bridgehead atoms. The molecule has 3 rings (SSSR count). The number of aryl methyl sites for hydroxylation is 1. The van der Waals surface area contributed by atoms with Crippen LogP contribution in [0, 0.1) is 13.8 Å². The fraction of sp³-hybridized carbons (Fsp3) is 0.765. The minimum Gasteiger partial charge on any atom is -0.376 e. The summed E-state index contributed by atoms with van der Waals surface area (Å²) in [5.74, 6) is 0.0603. The van der Waals surface area contributed by atoms with E-state index >= 15 is 0 Å². The first-order chi connectivity index (χ1) is 12.2. The second kappa shape index (κ2) is 7.90. The maximum absolute atomic E-state index is 12.5. The molecule has 0 radical (unpaired) electrons. The van der Waals surface area contributed by atoms with E-state index in [4.69, 9.17) is 4.74 Å². The van der Waals surface area contributed by atoms with E-state index in [1.807, 2.05) is 20.8 Å². The van der Waals surface area contributed by atoms with Crippen LogP contribution in [0.15, 0.2) is 5.16 Å². The first kappa shape index (κ1) is 19.7. The second-order valence-corrected chi connectivity index (χ2v) is 10.7. The number of nitrogens with one attached hydrogen (secondary N) is 1. The summed E-state index contributed by atoms with van der Waals surface area (Å²) in [4.78, 5) is 17.1. The summed E-state index contributed by atoms with van der Waals surface area (Å²) in [6.45, 7) is 7.40. The van der Waals surface area contributed by atoms with Gasteiger partial charge in [0.05, 0.1) is 35.1 Å². The lowest BCUT2D eigenvalue weighted by atomic mass is 10.2. The number of imidazole rings is 1. The maximum Gasteiger partial charge on any atom is 0.233 e. The molecule has 3 heterocycles. The lowest BCUT2D eigenvalue weighted by molar-refractivity contribution is -0.120. The zero-order valence-electron chi connectivity index (χ0n) is 15.5. The number of sulfone groups is 1. The molecule has 0 spiro atoms. The molecule has 26 heavy (non-hydrogen) atoms. The van der Waals surface area contributed by atoms with Gasteiger partial charge in [0, 0.05) is 18.3 Å². The van der Waals surface area contributed by atoms with Crippen molar-refractivity contribution in [3.05, 3.63) is 11.4 Å². The third-order valence-electron chi connectivity index (χ3n) is 5.06. The maximum atomic E-state index is 12.5. The van der Waals surface area contributed by atoms with E-state index in [9.17, 15) is 13.2 Å². The number of carbonyl (C=O) groups is 1. The van der Waals surface area contributed by atoms with Crippen molar-refractivity contribution in [2.24, 2.45) is 0 Å². The van der Waals surface area contributed by atoms with Crippen molar-refractivity contribution >= 4 is 27.5 Å². The van der Waals surface area contributed by atoms with E-state index in [-0.39, 0.29) is 34.8 Å². The first-order valence-electron chi connectivity index (χ1n) is 9.08. The molecule has 1 amide bonds. The normalized spacial score (nSPS) is 26.1. The van der Waals surface area contributed by atoms with E-state index in [1.54, 1.807) is 0 Å². The summed E-state index contributed by atoms with van der Waals surface area (Å²) in [6.07, 6.45) is 2.84. The topological polar surface area (TPSA) is 90.3 Å². The van der Waals surface area contributed by atoms with Gasteiger partial charge in [-0.05, 0) is 40.0 Å². The van der Waals surface area contributed by atoms with Gasteiger partial charge in [-0.25, -0.2) is 13.4 Å². The molecule has 9 heteroatoms. The molecule has 0 aliphatic carbocycles. The first-order valence-corrected chi connectivity index (χ1v) is 11.8. The fourth-order valence-electron chi connectivity index (χ4n) is 3.36. The second-order valence-electron chi connectivity index (χ2n) is 7.18. The summed E-state index contributed by atoms with van der Waals surface area (Å²) < 4.78 is 31.0. The highest BCUT2D eigenvalue weighted by molar-refractivity contribution is 8.00. The van der Waals surface area contributed by atoms with Gasteiger partial charge >= 0.3 is 0 Å². The molecule has 2 aliphatic heterocycles. The highest BCUT2D eigenvalue weighted by atomic mass is 32.2. The summed E-state index contributed by atoms with van der Waals surface area (Å²) >= 11 is 1.41. The third kappa shape index (κ3) is 4.61. The van der Waals surface area contributed by atoms with Crippen molar-refractivity contribution in [2.45, 2.75) is 69.1 Å². The Labute approximate surface area is 159 Å². The lowest BCUT2D eigenvalue weighted by Gasteiger charge is -2.18. The van der Waals surface area contributed by atoms with Crippen LogP contribution in [0.1, 0.15) is 37.6 Å². The summed E-state index contributed by atoms with van der Waals surface area (Å²) in [5.41, 5.74) is 2.05. The third-order valence-corrected chi connectivity index (χ3v) is 7.92. The van der Waals surface area contributed by atoms with E-state index < -0.39 is 9.84 Å². The summed E-state index contributed by atoms with van der Waals surface area (Å²) in [5, 5.41) is 3.34. The Morgan fingerprint density at radius 2 is 2.19 bits per heavy atom. The fourth-order valence-corrected chi connectivity index (χ4v) is 6.05. The number of hydrogen-bond donors (Lipinski definition) is 1. The van der Waals surface area contributed by atoms with Crippen LogP contribution in [0.2, 0.25) is 0 Å². The average Bonchev–Trinajstić information content (AvgIpc) is 3.25. The quantitative estimate of drug-likeness (QED) is 0.726. The number of amides is 1. The highest BCUT2D eigenvalue weighted by Gasteiger charge is 2.30. The van der Waals surface area contributed by atoms with Crippen molar-refractivity contribution < 1.29 is 17.9 Å². The van der Waals surface area contributed by atoms with Crippen LogP contribution >= 0.6 is 11.8 Å². The molecule has 2 aliphatic rings. The number of hydrogen-bond acceptors (Lipinski definition) is 6. The van der Waals surface area contributed by atoms with Crippen LogP contribution in [-0.4, -0.2) is 59.4 Å². The van der Waals surface area contributed by atoms with Gasteiger partial charge in [0.15, 0.2) is 15.0 Å². The van der Waals surface area contributed by atoms with Gasteiger partial charge in [-0.15, -0.1) is 0 Å². The molecule has 3 atom stereocenters. The Balaban J connectivity index is 1.63. The predicted molar refractivity (Wildman–Crippen MR) is 101 cm³/mol. The van der Waals surface area contributed by atoms with Gasteiger partial charge in [-0.3, -0.25) is 4.79 Å². The molecule has 1 aromatic heterocycles. The van der Waals surface area contributed by atoms with E-state index in [0.717, 1.165) is 42.5 Å². The smallest absolute Gasteiger partial charge is 0.233 e. The van der Waals surface area contributed by atoms with E-state index in [0.29, 0.717) is 6.42 Å². The number of rotatable bonds is 6. The monoisotopic (exact) mass is 401 g/mol. The predicted octanol–water partition coefficient (Wildman–Crippen LogP) is 1.46. The van der Waals surface area contributed by atoms with Crippen LogP contribution in [0.5, 0.6) is 0 Å². The molecule has 2 fully saturated rings. The van der Waals surface area contributed by atoms with Crippen LogP contribution in [-0.2, 0) is 25.9 Å². The summed E-state index contributed by atoms with van der Waals surface area (Å²) in [7, 11) is -3.00. The standard InChI is InChI=1S/C17H27N3O4S2/c1-11-12(2)20(9-15-5-4-7-24-15)17(18-11)25-13(3)16(21)19-14-6-8-26(22,23)10-14/h13-15H,4-10H2,1-3H3,(H,19,21). The van der Waals surface area contributed by atoms with Crippen LogP contribution < -0.4 is 5.32 Å². The Bertz CT molecular complexity index is 769. The Hall–Kier alpha value is -1.06. The van der Waals surface area contributed by atoms with Crippen molar-refractivity contribution in [1.29, 1.82) is 0 Å². The molecule has 1 aromatic rings. The Morgan fingerprint density at radius 1 is 1.42 bits per heavy atom. The number of carbonyl (C=O) groups excluding carboxylic acids is 1. The average molecular weight is 402 g/mol. The van der Waals surface area contributed by atoms with E-state index in [2.05, 4.69) is 14.9 Å². The van der Waals surface area contributed by atoms with Gasteiger partial charge in [-0.1, -0.05) is 11.8 Å². The zero-order chi connectivity index (χ0) is 18.9. The lowest BCUT2D eigenvalue weighted by Crippen LogP contribution is -2.40. The van der Waals surface area contributed by atoms with Gasteiger partial charge in [0.25, 0.3) is 0 Å². The van der Waals surface area contributed by atoms with Crippen molar-refractivity contribution in [1.82, 2.24) is 14.9 Å². The van der Waals surface area contributed by atoms with Gasteiger partial charge in [0.1, 0.15) is 0 Å². The zero-order valence-corrected chi connectivity index (χ0v) is 17.2. The SMILES string of the molecule is Cc1nc(SC(C)C(=O)NC2CCS(=O)(=O)C2)n(CC2CCCO2)c1C. The van der Waals surface area contributed by atoms with Gasteiger partial charge < -0.3 is 14.6 Å².